The summed E-state index contributed by atoms with van der Waals surface area (Å²) >= 11 is 0. The number of anilines is 2. The smallest absolute Gasteiger partial charge is 0.264 e. The first-order valence-corrected chi connectivity index (χ1v) is 6.53. The van der Waals surface area contributed by atoms with Crippen molar-refractivity contribution in [1.29, 1.82) is 0 Å². The number of rotatable bonds is 3. The van der Waals surface area contributed by atoms with Crippen LogP contribution in [0.5, 0.6) is 0 Å². The van der Waals surface area contributed by atoms with Crippen LogP contribution >= 0.6 is 0 Å². The molecule has 6 heteroatoms. The Morgan fingerprint density at radius 3 is 2.50 bits per heavy atom. The van der Waals surface area contributed by atoms with Crippen molar-refractivity contribution >= 4 is 34.7 Å². The number of nitrogens with zero attached hydrogens (tertiary/aromatic N) is 1. The van der Waals surface area contributed by atoms with Gasteiger partial charge in [-0.1, -0.05) is 18.2 Å². The van der Waals surface area contributed by atoms with Crippen molar-refractivity contribution in [3.63, 3.8) is 0 Å². The first-order chi connectivity index (χ1) is 10.6. The molecule has 0 aliphatic rings. The van der Waals surface area contributed by atoms with Gasteiger partial charge in [0.05, 0.1) is 11.2 Å². The van der Waals surface area contributed by atoms with Crippen LogP contribution in [0.25, 0.3) is 10.9 Å². The van der Waals surface area contributed by atoms with Gasteiger partial charge in [0.15, 0.2) is 0 Å². The summed E-state index contributed by atoms with van der Waals surface area (Å²) in [6, 6.07) is 12.2. The summed E-state index contributed by atoms with van der Waals surface area (Å²) in [5.41, 5.74) is 7.26. The maximum Gasteiger partial charge on any atom is 0.264 e. The Bertz CT molecular complexity index is 869. The van der Waals surface area contributed by atoms with Crippen molar-refractivity contribution in [1.82, 2.24) is 4.57 Å². The van der Waals surface area contributed by atoms with E-state index in [0.717, 1.165) is 0 Å². The number of benzene rings is 2. The van der Waals surface area contributed by atoms with Gasteiger partial charge in [0.2, 0.25) is 6.41 Å². The maximum absolute atomic E-state index is 13.0. The number of nitrogens with two attached hydrogens (primary N) is 1. The molecule has 2 aromatic carbocycles. The minimum Gasteiger partial charge on any atom is -0.383 e. The second-order valence-electron chi connectivity index (χ2n) is 4.69. The zero-order chi connectivity index (χ0) is 15.7. The van der Waals surface area contributed by atoms with Gasteiger partial charge < -0.3 is 11.1 Å². The van der Waals surface area contributed by atoms with Crippen molar-refractivity contribution in [2.45, 2.75) is 0 Å². The zero-order valence-electron chi connectivity index (χ0n) is 11.4. The van der Waals surface area contributed by atoms with Gasteiger partial charge in [0.25, 0.3) is 5.91 Å². The molecule has 0 spiro atoms. The number of hydrogen-bond donors (Lipinski definition) is 2. The Labute approximate surface area is 125 Å². The number of aromatic nitrogens is 1. The standard InChI is InChI=1S/C16H12FN3O2/c17-11-7-5-10(6-8-11)16(22)20-13-4-2-1-3-12(13)14(15(20)18)19-9-21/h1-9H,18H2,(H,19,21). The van der Waals surface area contributed by atoms with Crippen LogP contribution in [-0.2, 0) is 4.79 Å². The van der Waals surface area contributed by atoms with Crippen LogP contribution in [0.3, 0.4) is 0 Å². The first kappa shape index (κ1) is 13.8. The van der Waals surface area contributed by atoms with Crippen molar-refractivity contribution in [3.05, 3.63) is 59.9 Å². The third-order valence-corrected chi connectivity index (χ3v) is 3.41. The highest BCUT2D eigenvalue weighted by Crippen LogP contribution is 2.33. The molecule has 3 N–H and O–H groups in total. The van der Waals surface area contributed by atoms with Crippen molar-refractivity contribution in [2.24, 2.45) is 0 Å². The molecule has 0 fully saturated rings. The fourth-order valence-electron chi connectivity index (χ4n) is 2.41. The summed E-state index contributed by atoms with van der Waals surface area (Å²) in [7, 11) is 0. The highest BCUT2D eigenvalue weighted by molar-refractivity contribution is 6.12. The third kappa shape index (κ3) is 2.10. The molecule has 5 nitrogen and oxygen atoms in total. The summed E-state index contributed by atoms with van der Waals surface area (Å²) in [5, 5.41) is 3.17. The lowest BCUT2D eigenvalue weighted by Crippen LogP contribution is -2.15. The van der Waals surface area contributed by atoms with E-state index in [1.807, 2.05) is 0 Å². The van der Waals surface area contributed by atoms with E-state index in [-0.39, 0.29) is 5.82 Å². The predicted molar refractivity (Wildman–Crippen MR) is 82.2 cm³/mol. The molecule has 0 atom stereocenters. The summed E-state index contributed by atoms with van der Waals surface area (Å²) in [4.78, 5) is 23.4. The molecule has 0 unspecified atom stereocenters. The number of para-hydroxylation sites is 1. The van der Waals surface area contributed by atoms with Crippen LogP contribution in [-0.4, -0.2) is 16.9 Å². The number of nitrogens with one attached hydrogen (secondary N) is 1. The second kappa shape index (κ2) is 5.33. The average Bonchev–Trinajstić information content (AvgIpc) is 2.80. The fourth-order valence-corrected chi connectivity index (χ4v) is 2.41. The van der Waals surface area contributed by atoms with Crippen molar-refractivity contribution in [2.75, 3.05) is 11.1 Å². The molecule has 0 saturated heterocycles. The van der Waals surface area contributed by atoms with Gasteiger partial charge in [-0.3, -0.25) is 14.2 Å². The number of fused-ring (bicyclic) bond motifs is 1. The Hall–Kier alpha value is -3.15. The Balaban J connectivity index is 2.22. The summed E-state index contributed by atoms with van der Waals surface area (Å²) < 4.78 is 14.3. The minimum atomic E-state index is -0.426. The predicted octanol–water partition coefficient (Wildman–Crippen LogP) is 2.62. The number of nitrogen functional groups attached to an aromatic ring is 1. The van der Waals surface area contributed by atoms with Crippen LogP contribution in [0.2, 0.25) is 0 Å². The lowest BCUT2D eigenvalue weighted by molar-refractivity contribution is -0.105. The molecule has 110 valence electrons. The largest absolute Gasteiger partial charge is 0.383 e. The normalized spacial score (nSPS) is 10.6. The fraction of sp³-hybridized carbons (Fsp3) is 0. The van der Waals surface area contributed by atoms with Crippen LogP contribution in [0.4, 0.5) is 15.9 Å². The molecule has 3 aromatic rings. The molecule has 1 amide bonds. The van der Waals surface area contributed by atoms with Gasteiger partial charge in [-0.2, -0.15) is 0 Å². The minimum absolute atomic E-state index is 0.127. The van der Waals surface area contributed by atoms with E-state index in [4.69, 9.17) is 5.73 Å². The highest BCUT2D eigenvalue weighted by Gasteiger charge is 2.20. The van der Waals surface area contributed by atoms with E-state index >= 15 is 0 Å². The van der Waals surface area contributed by atoms with E-state index in [9.17, 15) is 14.0 Å². The van der Waals surface area contributed by atoms with E-state index in [2.05, 4.69) is 5.32 Å². The molecule has 0 radical (unpaired) electrons. The van der Waals surface area contributed by atoms with Gasteiger partial charge in [0.1, 0.15) is 11.6 Å². The third-order valence-electron chi connectivity index (χ3n) is 3.41. The molecule has 0 aliphatic heterocycles. The van der Waals surface area contributed by atoms with Crippen molar-refractivity contribution in [3.8, 4) is 0 Å². The summed E-state index contributed by atoms with van der Waals surface area (Å²) in [5.74, 6) is -0.694. The number of hydrogen-bond acceptors (Lipinski definition) is 3. The molecule has 3 rings (SSSR count). The number of carbonyl (C=O) groups excluding carboxylic acids is 2. The number of carbonyl (C=O) groups is 2. The SMILES string of the molecule is Nc1c(NC=O)c2ccccc2n1C(=O)c1ccc(F)cc1. The maximum atomic E-state index is 13.0. The Morgan fingerprint density at radius 2 is 1.82 bits per heavy atom. The first-order valence-electron chi connectivity index (χ1n) is 6.53. The van der Waals surface area contributed by atoms with E-state index in [1.54, 1.807) is 24.3 Å². The zero-order valence-corrected chi connectivity index (χ0v) is 11.4. The number of halogens is 1. The second-order valence-corrected chi connectivity index (χ2v) is 4.69. The van der Waals surface area contributed by atoms with Gasteiger partial charge in [-0.05, 0) is 30.3 Å². The van der Waals surface area contributed by atoms with E-state index in [0.29, 0.717) is 28.6 Å². The molecule has 22 heavy (non-hydrogen) atoms. The number of amides is 1. The lowest BCUT2D eigenvalue weighted by atomic mass is 10.2. The van der Waals surface area contributed by atoms with Gasteiger partial charge in [-0.25, -0.2) is 4.39 Å². The van der Waals surface area contributed by atoms with Crippen LogP contribution in [0, 0.1) is 5.82 Å². The molecule has 0 bridgehead atoms. The van der Waals surface area contributed by atoms with Gasteiger partial charge in [-0.15, -0.1) is 0 Å². The summed E-state index contributed by atoms with van der Waals surface area (Å²) in [6.45, 7) is 0. The topological polar surface area (TPSA) is 77.1 Å². The quantitative estimate of drug-likeness (QED) is 0.729. The molecule has 0 saturated carbocycles. The van der Waals surface area contributed by atoms with Gasteiger partial charge in [0, 0.05) is 10.9 Å². The van der Waals surface area contributed by atoms with Crippen LogP contribution in [0.1, 0.15) is 10.4 Å². The van der Waals surface area contributed by atoms with Gasteiger partial charge >= 0.3 is 0 Å². The van der Waals surface area contributed by atoms with E-state index in [1.165, 1.54) is 28.8 Å². The Morgan fingerprint density at radius 1 is 1.14 bits per heavy atom. The molecular formula is C16H12FN3O2. The molecule has 1 heterocycles. The van der Waals surface area contributed by atoms with Crippen LogP contribution in [0.15, 0.2) is 48.5 Å². The summed E-state index contributed by atoms with van der Waals surface area (Å²) in [6.07, 6.45) is 0.505. The average molecular weight is 297 g/mol. The lowest BCUT2D eigenvalue weighted by Gasteiger charge is -2.07. The van der Waals surface area contributed by atoms with Crippen molar-refractivity contribution < 1.29 is 14.0 Å². The Kier molecular flexibility index (Phi) is 3.34. The van der Waals surface area contributed by atoms with Crippen LogP contribution < -0.4 is 11.1 Å². The molecule has 1 aromatic heterocycles. The molecule has 0 aliphatic carbocycles. The molecular weight excluding hydrogens is 285 g/mol. The monoisotopic (exact) mass is 297 g/mol. The highest BCUT2D eigenvalue weighted by atomic mass is 19.1. The van der Waals surface area contributed by atoms with E-state index < -0.39 is 11.7 Å².